The van der Waals surface area contributed by atoms with Gasteiger partial charge >= 0.3 is 5.97 Å². The van der Waals surface area contributed by atoms with E-state index >= 15 is 0 Å². The molecule has 0 fully saturated rings. The minimum Gasteiger partial charge on any atom is -0.451 e. The van der Waals surface area contributed by atoms with E-state index in [1.54, 1.807) is 18.2 Å². The second-order valence-corrected chi connectivity index (χ2v) is 6.48. The minimum absolute atomic E-state index is 0.325. The van der Waals surface area contributed by atoms with Crippen molar-refractivity contribution in [3.8, 4) is 0 Å². The van der Waals surface area contributed by atoms with Crippen molar-refractivity contribution in [2.45, 2.75) is 19.4 Å². The van der Waals surface area contributed by atoms with Gasteiger partial charge in [-0.1, -0.05) is 36.9 Å². The third kappa shape index (κ3) is 3.94. The molecule has 0 amide bonds. The zero-order chi connectivity index (χ0) is 15.5. The number of hydrogen-bond donors (Lipinski definition) is 0. The Morgan fingerprint density at radius 3 is 2.19 bits per heavy atom. The fraction of sp³-hybridized carbons (Fsp3) is 0.167. The normalized spacial score (nSPS) is 11.0. The lowest BCUT2D eigenvalue weighted by Crippen LogP contribution is -2.25. The lowest BCUT2D eigenvalue weighted by atomic mass is 9.98. The Labute approximate surface area is 139 Å². The SMILES string of the molecule is C=Cc1ccc(C(=O)OC(C)(C)c2ccc(I)cc2)cc1. The van der Waals surface area contributed by atoms with E-state index in [4.69, 9.17) is 4.74 Å². The zero-order valence-corrected chi connectivity index (χ0v) is 14.3. The molecule has 0 spiro atoms. The van der Waals surface area contributed by atoms with Gasteiger partial charge in [0.1, 0.15) is 5.60 Å². The summed E-state index contributed by atoms with van der Waals surface area (Å²) in [7, 11) is 0. The van der Waals surface area contributed by atoms with Crippen molar-refractivity contribution in [1.82, 2.24) is 0 Å². The van der Waals surface area contributed by atoms with Crippen LogP contribution in [0.2, 0.25) is 0 Å². The highest BCUT2D eigenvalue weighted by molar-refractivity contribution is 14.1. The summed E-state index contributed by atoms with van der Waals surface area (Å²) >= 11 is 2.25. The van der Waals surface area contributed by atoms with Crippen molar-refractivity contribution < 1.29 is 9.53 Å². The first kappa shape index (κ1) is 15.8. The van der Waals surface area contributed by atoms with Gasteiger partial charge in [0.2, 0.25) is 0 Å². The van der Waals surface area contributed by atoms with Crippen molar-refractivity contribution in [2.24, 2.45) is 0 Å². The lowest BCUT2D eigenvalue weighted by molar-refractivity contribution is -0.00313. The summed E-state index contributed by atoms with van der Waals surface area (Å²) in [4.78, 5) is 12.3. The molecule has 2 aromatic carbocycles. The van der Waals surface area contributed by atoms with Gasteiger partial charge in [0.05, 0.1) is 5.56 Å². The number of halogens is 1. The summed E-state index contributed by atoms with van der Waals surface area (Å²) in [6.07, 6.45) is 1.74. The van der Waals surface area contributed by atoms with Crippen molar-refractivity contribution >= 4 is 34.6 Å². The molecule has 0 bridgehead atoms. The molecular formula is C18H17IO2. The minimum atomic E-state index is -0.668. The van der Waals surface area contributed by atoms with E-state index in [1.807, 2.05) is 50.2 Å². The number of carbonyl (C=O) groups excluding carboxylic acids is 1. The van der Waals surface area contributed by atoms with Crippen LogP contribution in [0.25, 0.3) is 6.08 Å². The second kappa shape index (κ2) is 6.43. The summed E-state index contributed by atoms with van der Waals surface area (Å²) < 4.78 is 6.81. The molecule has 0 heterocycles. The molecule has 0 saturated heterocycles. The summed E-state index contributed by atoms with van der Waals surface area (Å²) in [6, 6.07) is 15.2. The quantitative estimate of drug-likeness (QED) is 0.539. The molecule has 108 valence electrons. The standard InChI is InChI=1S/C18H17IO2/c1-4-13-5-7-14(8-6-13)17(20)21-18(2,3)15-9-11-16(19)12-10-15/h4-12H,1H2,2-3H3. The first-order valence-electron chi connectivity index (χ1n) is 6.64. The zero-order valence-electron chi connectivity index (χ0n) is 12.1. The largest absolute Gasteiger partial charge is 0.451 e. The molecule has 0 aromatic heterocycles. The van der Waals surface area contributed by atoms with E-state index in [-0.39, 0.29) is 5.97 Å². The van der Waals surface area contributed by atoms with E-state index in [1.165, 1.54) is 0 Å². The molecular weight excluding hydrogens is 375 g/mol. The molecule has 0 atom stereocenters. The smallest absolute Gasteiger partial charge is 0.338 e. The van der Waals surface area contributed by atoms with Gasteiger partial charge in [0, 0.05) is 3.57 Å². The molecule has 0 aliphatic rings. The molecule has 0 unspecified atom stereocenters. The molecule has 0 N–H and O–H groups in total. The predicted octanol–water partition coefficient (Wildman–Crippen LogP) is 5.03. The first-order valence-corrected chi connectivity index (χ1v) is 7.72. The van der Waals surface area contributed by atoms with Crippen molar-refractivity contribution in [1.29, 1.82) is 0 Å². The summed E-state index contributed by atoms with van der Waals surface area (Å²) in [5.41, 5.74) is 1.82. The Bertz CT molecular complexity index is 640. The molecule has 0 saturated carbocycles. The molecule has 2 rings (SSSR count). The third-order valence-electron chi connectivity index (χ3n) is 3.27. The van der Waals surface area contributed by atoms with Crippen molar-refractivity contribution in [3.63, 3.8) is 0 Å². The average Bonchev–Trinajstić information content (AvgIpc) is 2.47. The molecule has 0 aliphatic heterocycles. The van der Waals surface area contributed by atoms with Crippen LogP contribution in [0.15, 0.2) is 55.1 Å². The number of carbonyl (C=O) groups is 1. The Morgan fingerprint density at radius 2 is 1.67 bits per heavy atom. The Kier molecular flexibility index (Phi) is 4.83. The van der Waals surface area contributed by atoms with Crippen LogP contribution in [-0.4, -0.2) is 5.97 Å². The van der Waals surface area contributed by atoms with Crippen LogP contribution >= 0.6 is 22.6 Å². The molecule has 21 heavy (non-hydrogen) atoms. The molecule has 0 radical (unpaired) electrons. The number of rotatable bonds is 4. The third-order valence-corrected chi connectivity index (χ3v) is 3.99. The maximum absolute atomic E-state index is 12.3. The fourth-order valence-corrected chi connectivity index (χ4v) is 2.32. The van der Waals surface area contributed by atoms with Gasteiger partial charge < -0.3 is 4.74 Å². The number of benzene rings is 2. The monoisotopic (exact) mass is 392 g/mol. The molecule has 2 nitrogen and oxygen atoms in total. The van der Waals surface area contributed by atoms with Crippen LogP contribution in [0, 0.1) is 3.57 Å². The summed E-state index contributed by atoms with van der Waals surface area (Å²) in [6.45, 7) is 7.48. The maximum atomic E-state index is 12.3. The highest BCUT2D eigenvalue weighted by Crippen LogP contribution is 2.26. The van der Waals surface area contributed by atoms with Gasteiger partial charge in [-0.05, 0) is 71.8 Å². The van der Waals surface area contributed by atoms with Gasteiger partial charge in [-0.15, -0.1) is 0 Å². The van der Waals surface area contributed by atoms with E-state index in [9.17, 15) is 4.79 Å². The Morgan fingerprint density at radius 1 is 1.10 bits per heavy atom. The van der Waals surface area contributed by atoms with Gasteiger partial charge in [-0.3, -0.25) is 0 Å². The van der Waals surface area contributed by atoms with E-state index in [0.29, 0.717) is 5.56 Å². The Hall–Kier alpha value is -1.62. The number of esters is 1. The van der Waals surface area contributed by atoms with E-state index in [2.05, 4.69) is 29.2 Å². The van der Waals surface area contributed by atoms with Crippen LogP contribution in [0.3, 0.4) is 0 Å². The topological polar surface area (TPSA) is 26.3 Å². The van der Waals surface area contributed by atoms with Crippen LogP contribution in [-0.2, 0) is 10.3 Å². The maximum Gasteiger partial charge on any atom is 0.338 e. The number of hydrogen-bond acceptors (Lipinski definition) is 2. The van der Waals surface area contributed by atoms with E-state index < -0.39 is 5.60 Å². The molecule has 0 aliphatic carbocycles. The fourth-order valence-electron chi connectivity index (χ4n) is 1.96. The predicted molar refractivity (Wildman–Crippen MR) is 94.1 cm³/mol. The van der Waals surface area contributed by atoms with E-state index in [0.717, 1.165) is 14.7 Å². The lowest BCUT2D eigenvalue weighted by Gasteiger charge is -2.25. The summed E-state index contributed by atoms with van der Waals surface area (Å²) in [5.74, 6) is -0.325. The van der Waals surface area contributed by atoms with Crippen molar-refractivity contribution in [3.05, 3.63) is 75.4 Å². The van der Waals surface area contributed by atoms with Gasteiger partial charge in [0.25, 0.3) is 0 Å². The molecule has 2 aromatic rings. The van der Waals surface area contributed by atoms with Crippen LogP contribution in [0.5, 0.6) is 0 Å². The average molecular weight is 392 g/mol. The van der Waals surface area contributed by atoms with Crippen LogP contribution in [0.4, 0.5) is 0 Å². The molecule has 3 heteroatoms. The van der Waals surface area contributed by atoms with Crippen LogP contribution in [0.1, 0.15) is 35.3 Å². The van der Waals surface area contributed by atoms with Gasteiger partial charge in [-0.2, -0.15) is 0 Å². The van der Waals surface area contributed by atoms with Crippen LogP contribution < -0.4 is 0 Å². The first-order chi connectivity index (χ1) is 9.92. The highest BCUT2D eigenvalue weighted by atomic mass is 127. The summed E-state index contributed by atoms with van der Waals surface area (Å²) in [5, 5.41) is 0. The number of ether oxygens (including phenoxy) is 1. The highest BCUT2D eigenvalue weighted by Gasteiger charge is 2.25. The second-order valence-electron chi connectivity index (χ2n) is 5.23. The van der Waals surface area contributed by atoms with Gasteiger partial charge in [-0.25, -0.2) is 4.79 Å². The Balaban J connectivity index is 2.16. The van der Waals surface area contributed by atoms with Gasteiger partial charge in [0.15, 0.2) is 0 Å². The van der Waals surface area contributed by atoms with Crippen molar-refractivity contribution in [2.75, 3.05) is 0 Å².